The second kappa shape index (κ2) is 5.63. The van der Waals surface area contributed by atoms with Crippen LogP contribution in [0, 0.1) is 13.8 Å². The van der Waals surface area contributed by atoms with E-state index in [0.29, 0.717) is 4.99 Å². The number of anilines is 1. The average Bonchev–Trinajstić information content (AvgIpc) is 2.73. The van der Waals surface area contributed by atoms with E-state index < -0.39 is 0 Å². The maximum Gasteiger partial charge on any atom is 0.129 e. The van der Waals surface area contributed by atoms with Crippen LogP contribution in [-0.4, -0.2) is 22.0 Å². The van der Waals surface area contributed by atoms with Crippen molar-refractivity contribution in [3.8, 4) is 0 Å². The molecule has 0 fully saturated rings. The first-order valence-electron chi connectivity index (χ1n) is 5.86. The summed E-state index contributed by atoms with van der Waals surface area (Å²) in [5, 5.41) is 3.14. The van der Waals surface area contributed by atoms with Gasteiger partial charge in [0.15, 0.2) is 0 Å². The van der Waals surface area contributed by atoms with Crippen molar-refractivity contribution in [2.45, 2.75) is 20.4 Å². The van der Waals surface area contributed by atoms with Crippen LogP contribution in [0.15, 0.2) is 17.5 Å². The highest BCUT2D eigenvalue weighted by Gasteiger charge is 2.09. The minimum atomic E-state index is 0.393. The molecule has 0 bridgehead atoms. The maximum atomic E-state index is 5.68. The van der Waals surface area contributed by atoms with Gasteiger partial charge < -0.3 is 10.6 Å². The molecule has 0 aliphatic rings. The van der Waals surface area contributed by atoms with Crippen LogP contribution < -0.4 is 10.6 Å². The van der Waals surface area contributed by atoms with Crippen LogP contribution in [0.2, 0.25) is 0 Å². The van der Waals surface area contributed by atoms with Crippen LogP contribution in [0.1, 0.15) is 22.0 Å². The van der Waals surface area contributed by atoms with Gasteiger partial charge in [-0.2, -0.15) is 0 Å². The summed E-state index contributed by atoms with van der Waals surface area (Å²) in [6.07, 6.45) is 0. The molecule has 0 radical (unpaired) electrons. The molecular formula is C13H16N4S2. The fourth-order valence-electron chi connectivity index (χ4n) is 1.79. The van der Waals surface area contributed by atoms with Gasteiger partial charge in [-0.25, -0.2) is 9.97 Å². The van der Waals surface area contributed by atoms with Crippen molar-refractivity contribution in [2.75, 3.05) is 11.9 Å². The topological polar surface area (TPSA) is 55.0 Å². The first-order chi connectivity index (χ1) is 8.95. The summed E-state index contributed by atoms with van der Waals surface area (Å²) in [5.41, 5.74) is 8.48. The van der Waals surface area contributed by atoms with Crippen molar-refractivity contribution in [1.29, 1.82) is 0 Å². The monoisotopic (exact) mass is 292 g/mol. The zero-order valence-electron chi connectivity index (χ0n) is 11.2. The van der Waals surface area contributed by atoms with Gasteiger partial charge in [-0.3, -0.25) is 0 Å². The summed E-state index contributed by atoms with van der Waals surface area (Å²) >= 11 is 6.68. The largest absolute Gasteiger partial charge is 0.389 e. The maximum absolute atomic E-state index is 5.68. The van der Waals surface area contributed by atoms with Crippen molar-refractivity contribution in [3.05, 3.63) is 39.5 Å². The third kappa shape index (κ3) is 3.48. The van der Waals surface area contributed by atoms with Crippen molar-refractivity contribution >= 4 is 34.4 Å². The molecule has 2 heterocycles. The Morgan fingerprint density at radius 1 is 1.37 bits per heavy atom. The van der Waals surface area contributed by atoms with E-state index in [-0.39, 0.29) is 0 Å². The third-order valence-corrected chi connectivity index (χ3v) is 3.74. The summed E-state index contributed by atoms with van der Waals surface area (Å²) in [7, 11) is 1.99. The summed E-state index contributed by atoms with van der Waals surface area (Å²) in [5.74, 6) is 0.855. The molecular weight excluding hydrogens is 276 g/mol. The molecule has 0 aromatic carbocycles. The lowest BCUT2D eigenvalue weighted by Crippen LogP contribution is -2.20. The quantitative estimate of drug-likeness (QED) is 0.877. The van der Waals surface area contributed by atoms with Gasteiger partial charge in [-0.15, -0.1) is 11.3 Å². The highest BCUT2D eigenvalue weighted by molar-refractivity contribution is 7.80. The number of aryl methyl sites for hydroxylation is 2. The number of hydrogen-bond donors (Lipinski definition) is 1. The van der Waals surface area contributed by atoms with Crippen molar-refractivity contribution in [1.82, 2.24) is 9.97 Å². The second-order valence-electron chi connectivity index (χ2n) is 4.43. The second-order valence-corrected chi connectivity index (χ2v) is 5.94. The molecule has 2 aromatic rings. The molecule has 0 saturated carbocycles. The number of thiazole rings is 1. The molecule has 2 rings (SSSR count). The Morgan fingerprint density at radius 2 is 2.11 bits per heavy atom. The molecule has 0 saturated heterocycles. The molecule has 2 N–H and O–H groups in total. The molecule has 19 heavy (non-hydrogen) atoms. The number of nitrogens with two attached hydrogens (primary N) is 1. The lowest BCUT2D eigenvalue weighted by molar-refractivity contribution is 0.866. The van der Waals surface area contributed by atoms with Gasteiger partial charge in [0.1, 0.15) is 10.8 Å². The van der Waals surface area contributed by atoms with E-state index in [4.69, 9.17) is 18.0 Å². The number of nitrogens with zero attached hydrogens (tertiary/aromatic N) is 3. The first-order valence-corrected chi connectivity index (χ1v) is 7.15. The van der Waals surface area contributed by atoms with Crippen LogP contribution in [0.5, 0.6) is 0 Å². The van der Waals surface area contributed by atoms with Crippen LogP contribution in [0.3, 0.4) is 0 Å². The number of rotatable bonds is 4. The average molecular weight is 292 g/mol. The number of aromatic nitrogens is 2. The summed E-state index contributed by atoms with van der Waals surface area (Å²) < 4.78 is 0. The molecule has 0 unspecified atom stereocenters. The van der Waals surface area contributed by atoms with Crippen LogP contribution in [0.4, 0.5) is 5.82 Å². The SMILES string of the molecule is Cc1cc(C(N)=S)cc(N(C)Cc2csc(C)n2)n1. The lowest BCUT2D eigenvalue weighted by atomic mass is 10.2. The molecule has 2 aromatic heterocycles. The summed E-state index contributed by atoms with van der Waals surface area (Å²) in [4.78, 5) is 11.4. The van der Waals surface area contributed by atoms with Crippen LogP contribution >= 0.6 is 23.6 Å². The van der Waals surface area contributed by atoms with E-state index >= 15 is 0 Å². The zero-order valence-corrected chi connectivity index (χ0v) is 12.8. The predicted molar refractivity (Wildman–Crippen MR) is 83.8 cm³/mol. The number of thiocarbonyl (C=S) groups is 1. The molecule has 0 spiro atoms. The van der Waals surface area contributed by atoms with Gasteiger partial charge in [0.2, 0.25) is 0 Å². The molecule has 0 aliphatic heterocycles. The molecule has 0 aliphatic carbocycles. The Kier molecular flexibility index (Phi) is 4.11. The van der Waals surface area contributed by atoms with E-state index in [2.05, 4.69) is 15.3 Å². The predicted octanol–water partition coefficient (Wildman–Crippen LogP) is 2.43. The number of pyridine rings is 1. The van der Waals surface area contributed by atoms with E-state index in [1.165, 1.54) is 0 Å². The summed E-state index contributed by atoms with van der Waals surface area (Å²) in [6.45, 7) is 4.66. The van der Waals surface area contributed by atoms with Gasteiger partial charge in [-0.05, 0) is 26.0 Å². The third-order valence-electron chi connectivity index (χ3n) is 2.68. The molecule has 6 heteroatoms. The fraction of sp³-hybridized carbons (Fsp3) is 0.308. The summed E-state index contributed by atoms with van der Waals surface area (Å²) in [6, 6.07) is 3.81. The highest BCUT2D eigenvalue weighted by Crippen LogP contribution is 2.17. The Morgan fingerprint density at radius 3 is 2.68 bits per heavy atom. The van der Waals surface area contributed by atoms with Crippen molar-refractivity contribution in [2.24, 2.45) is 5.73 Å². The van der Waals surface area contributed by atoms with Gasteiger partial charge in [0, 0.05) is 23.7 Å². The van der Waals surface area contributed by atoms with Gasteiger partial charge in [0.25, 0.3) is 0 Å². The zero-order chi connectivity index (χ0) is 14.0. The minimum Gasteiger partial charge on any atom is -0.389 e. The van der Waals surface area contributed by atoms with E-state index in [0.717, 1.165) is 34.3 Å². The Hall–Kier alpha value is -1.53. The molecule has 0 amide bonds. The Labute approximate surface area is 122 Å². The lowest BCUT2D eigenvalue weighted by Gasteiger charge is -2.18. The minimum absolute atomic E-state index is 0.393. The molecule has 4 nitrogen and oxygen atoms in total. The normalized spacial score (nSPS) is 10.5. The van der Waals surface area contributed by atoms with Gasteiger partial charge in [-0.1, -0.05) is 12.2 Å². The Balaban J connectivity index is 2.23. The van der Waals surface area contributed by atoms with Crippen molar-refractivity contribution < 1.29 is 0 Å². The van der Waals surface area contributed by atoms with E-state index in [1.54, 1.807) is 11.3 Å². The fourth-order valence-corrected chi connectivity index (χ4v) is 2.52. The van der Waals surface area contributed by atoms with Crippen LogP contribution in [-0.2, 0) is 6.54 Å². The Bertz CT molecular complexity index is 606. The smallest absolute Gasteiger partial charge is 0.129 e. The van der Waals surface area contributed by atoms with Gasteiger partial charge in [0.05, 0.1) is 17.2 Å². The van der Waals surface area contributed by atoms with Crippen LogP contribution in [0.25, 0.3) is 0 Å². The van der Waals surface area contributed by atoms with Crippen molar-refractivity contribution in [3.63, 3.8) is 0 Å². The standard InChI is InChI=1S/C13H16N4S2/c1-8-4-10(13(14)18)5-12(15-8)17(3)6-11-7-19-9(2)16-11/h4-5,7H,6H2,1-3H3,(H2,14,18). The first kappa shape index (κ1) is 13.9. The van der Waals surface area contributed by atoms with E-state index in [9.17, 15) is 0 Å². The van der Waals surface area contributed by atoms with Gasteiger partial charge >= 0.3 is 0 Å². The highest BCUT2D eigenvalue weighted by atomic mass is 32.1. The molecule has 100 valence electrons. The molecule has 0 atom stereocenters. The van der Waals surface area contributed by atoms with E-state index in [1.807, 2.05) is 37.9 Å². The number of hydrogen-bond acceptors (Lipinski definition) is 5.